The van der Waals surface area contributed by atoms with Crippen LogP contribution in [0.15, 0.2) is 35.5 Å². The van der Waals surface area contributed by atoms with Crippen molar-refractivity contribution in [2.24, 2.45) is 4.99 Å². The summed E-state index contributed by atoms with van der Waals surface area (Å²) in [5.41, 5.74) is 0.866. The molecule has 1 aromatic heterocycles. The molecule has 0 saturated heterocycles. The van der Waals surface area contributed by atoms with Gasteiger partial charge in [0, 0.05) is 23.9 Å². The molecule has 0 fully saturated rings. The van der Waals surface area contributed by atoms with Crippen LogP contribution in [0.25, 0.3) is 11.1 Å². The largest absolute Gasteiger partial charge is 0.507 e. The van der Waals surface area contributed by atoms with Crippen LogP contribution in [0.3, 0.4) is 0 Å². The molecule has 0 bridgehead atoms. The summed E-state index contributed by atoms with van der Waals surface area (Å²) in [5, 5.41) is 25.3. The van der Waals surface area contributed by atoms with Crippen molar-refractivity contribution in [3.05, 3.63) is 41.6 Å². The van der Waals surface area contributed by atoms with Crippen LogP contribution in [0.4, 0.5) is 0 Å². The smallest absolute Gasteiger partial charge is 0.262 e. The van der Waals surface area contributed by atoms with Crippen molar-refractivity contribution in [1.82, 2.24) is 15.6 Å². The maximum Gasteiger partial charge on any atom is 0.262 e. The molecule has 1 amide bonds. The number of pyridine rings is 1. The second kappa shape index (κ2) is 6.88. The summed E-state index contributed by atoms with van der Waals surface area (Å²) >= 11 is 0. The number of aromatic hydroxyl groups is 1. The molecule has 0 unspecified atom stereocenters. The summed E-state index contributed by atoms with van der Waals surface area (Å²) in [7, 11) is 1.44. The normalized spacial score (nSPS) is 12.7. The molecule has 3 rings (SSSR count). The highest BCUT2D eigenvalue weighted by molar-refractivity contribution is 6.12. The van der Waals surface area contributed by atoms with E-state index in [1.54, 1.807) is 12.1 Å². The first-order valence-electron chi connectivity index (χ1n) is 7.50. The minimum absolute atomic E-state index is 0.0400. The Bertz CT molecular complexity index is 902. The maximum absolute atomic E-state index is 12.7. The minimum atomic E-state index is -0.580. The molecule has 1 aliphatic heterocycles. The van der Waals surface area contributed by atoms with Gasteiger partial charge < -0.3 is 15.2 Å². The van der Waals surface area contributed by atoms with Crippen LogP contribution >= 0.6 is 0 Å². The molecular formula is C17H15N5O3. The zero-order valence-electron chi connectivity index (χ0n) is 13.4. The molecule has 0 aliphatic carbocycles. The van der Waals surface area contributed by atoms with Gasteiger partial charge >= 0.3 is 0 Å². The Morgan fingerprint density at radius 1 is 1.44 bits per heavy atom. The van der Waals surface area contributed by atoms with E-state index in [9.17, 15) is 15.2 Å². The van der Waals surface area contributed by atoms with Crippen molar-refractivity contribution >= 4 is 11.9 Å². The number of carbonyl (C=O) groups is 1. The number of rotatable bonds is 3. The molecule has 8 nitrogen and oxygen atoms in total. The van der Waals surface area contributed by atoms with Crippen LogP contribution in [0.2, 0.25) is 0 Å². The summed E-state index contributed by atoms with van der Waals surface area (Å²) < 4.78 is 5.24. The Morgan fingerprint density at radius 3 is 2.96 bits per heavy atom. The number of phenols is 1. The van der Waals surface area contributed by atoms with Gasteiger partial charge in [0.1, 0.15) is 5.75 Å². The zero-order valence-corrected chi connectivity index (χ0v) is 13.4. The van der Waals surface area contributed by atoms with E-state index in [-0.39, 0.29) is 28.3 Å². The highest BCUT2D eigenvalue weighted by atomic mass is 16.5. The van der Waals surface area contributed by atoms with Gasteiger partial charge in [-0.25, -0.2) is 4.98 Å². The number of amides is 1. The molecule has 0 radical (unpaired) electrons. The Balaban J connectivity index is 2.17. The van der Waals surface area contributed by atoms with E-state index in [1.807, 2.05) is 6.07 Å². The average Bonchev–Trinajstić information content (AvgIpc) is 3.14. The maximum atomic E-state index is 12.7. The lowest BCUT2D eigenvalue weighted by molar-refractivity contribution is 0.0974. The van der Waals surface area contributed by atoms with Crippen LogP contribution in [-0.4, -0.2) is 42.2 Å². The third-order valence-corrected chi connectivity index (χ3v) is 3.67. The van der Waals surface area contributed by atoms with Gasteiger partial charge in [0.15, 0.2) is 5.96 Å². The van der Waals surface area contributed by atoms with Crippen molar-refractivity contribution in [3.63, 3.8) is 0 Å². The number of carbonyl (C=O) groups excluding carboxylic acids is 1. The van der Waals surface area contributed by atoms with Crippen molar-refractivity contribution < 1.29 is 14.6 Å². The fourth-order valence-corrected chi connectivity index (χ4v) is 2.59. The molecule has 2 aromatic rings. The SMILES string of the molecule is COc1ncccc1-c1c(C#N)ccc(O)c1C(=O)NC1=NCCN1. The molecule has 0 saturated carbocycles. The number of methoxy groups -OCH3 is 1. The second-order valence-corrected chi connectivity index (χ2v) is 5.17. The lowest BCUT2D eigenvalue weighted by Crippen LogP contribution is -2.38. The van der Waals surface area contributed by atoms with E-state index in [0.717, 1.165) is 0 Å². The second-order valence-electron chi connectivity index (χ2n) is 5.17. The van der Waals surface area contributed by atoms with E-state index in [0.29, 0.717) is 24.6 Å². The first-order chi connectivity index (χ1) is 12.2. The van der Waals surface area contributed by atoms with Crippen LogP contribution in [-0.2, 0) is 0 Å². The molecule has 0 atom stereocenters. The van der Waals surface area contributed by atoms with E-state index in [2.05, 4.69) is 20.6 Å². The van der Waals surface area contributed by atoms with Gasteiger partial charge in [0.25, 0.3) is 5.91 Å². The predicted octanol–water partition coefficient (Wildman–Crippen LogP) is 1.02. The zero-order chi connectivity index (χ0) is 17.8. The van der Waals surface area contributed by atoms with Crippen molar-refractivity contribution in [3.8, 4) is 28.8 Å². The van der Waals surface area contributed by atoms with Gasteiger partial charge in [0.05, 0.1) is 30.9 Å². The third kappa shape index (κ3) is 3.07. The number of nitrogens with zero attached hydrogens (tertiary/aromatic N) is 3. The minimum Gasteiger partial charge on any atom is -0.507 e. The van der Waals surface area contributed by atoms with Gasteiger partial charge in [-0.2, -0.15) is 5.26 Å². The first kappa shape index (κ1) is 16.3. The summed E-state index contributed by atoms with van der Waals surface area (Å²) in [6.45, 7) is 1.19. The molecule has 3 N–H and O–H groups in total. The van der Waals surface area contributed by atoms with Gasteiger partial charge in [-0.15, -0.1) is 0 Å². The standard InChI is InChI=1S/C17H15N5O3/c1-25-16-11(3-2-6-19-16)13-10(9-18)4-5-12(23)14(13)15(24)22-17-20-7-8-21-17/h2-6,23H,7-8H2,1H3,(H2,20,21,22,24). The van der Waals surface area contributed by atoms with Crippen molar-refractivity contribution in [2.75, 3.05) is 20.2 Å². The molecule has 25 heavy (non-hydrogen) atoms. The quantitative estimate of drug-likeness (QED) is 0.769. The number of phenolic OH excluding ortho intramolecular Hbond substituents is 1. The van der Waals surface area contributed by atoms with Crippen LogP contribution in [0, 0.1) is 11.3 Å². The van der Waals surface area contributed by atoms with E-state index >= 15 is 0 Å². The summed E-state index contributed by atoms with van der Waals surface area (Å²) in [5.74, 6) is -0.259. The number of benzene rings is 1. The topological polar surface area (TPSA) is 120 Å². The number of nitrogens with one attached hydrogen (secondary N) is 2. The van der Waals surface area contributed by atoms with Crippen LogP contribution in [0.5, 0.6) is 11.6 Å². The van der Waals surface area contributed by atoms with E-state index < -0.39 is 5.91 Å². The lowest BCUT2D eigenvalue weighted by Gasteiger charge is -2.15. The number of hydrogen-bond donors (Lipinski definition) is 3. The summed E-state index contributed by atoms with van der Waals surface area (Å²) in [4.78, 5) is 20.9. The number of ether oxygens (including phenoxy) is 1. The molecular weight excluding hydrogens is 322 g/mol. The van der Waals surface area contributed by atoms with Gasteiger partial charge in [-0.05, 0) is 24.3 Å². The first-order valence-corrected chi connectivity index (χ1v) is 7.50. The highest BCUT2D eigenvalue weighted by Gasteiger charge is 2.25. The Kier molecular flexibility index (Phi) is 4.48. The number of hydrogen-bond acceptors (Lipinski definition) is 7. The monoisotopic (exact) mass is 337 g/mol. The van der Waals surface area contributed by atoms with Gasteiger partial charge in [-0.3, -0.25) is 15.1 Å². The number of nitriles is 1. The van der Waals surface area contributed by atoms with Gasteiger partial charge in [-0.1, -0.05) is 0 Å². The average molecular weight is 337 g/mol. The number of guanidine groups is 1. The summed E-state index contributed by atoms with van der Waals surface area (Å²) in [6, 6.07) is 8.12. The molecule has 1 aliphatic rings. The molecule has 8 heteroatoms. The van der Waals surface area contributed by atoms with Gasteiger partial charge in [0.2, 0.25) is 5.88 Å². The van der Waals surface area contributed by atoms with Crippen LogP contribution in [0.1, 0.15) is 15.9 Å². The lowest BCUT2D eigenvalue weighted by atomic mass is 9.94. The van der Waals surface area contributed by atoms with Crippen molar-refractivity contribution in [2.45, 2.75) is 0 Å². The molecule has 2 heterocycles. The van der Waals surface area contributed by atoms with E-state index in [4.69, 9.17) is 4.74 Å². The number of aromatic nitrogens is 1. The Labute approximate surface area is 143 Å². The van der Waals surface area contributed by atoms with E-state index in [1.165, 1.54) is 25.4 Å². The van der Waals surface area contributed by atoms with Crippen molar-refractivity contribution in [1.29, 1.82) is 5.26 Å². The fraction of sp³-hybridized carbons (Fsp3) is 0.176. The summed E-state index contributed by atoms with van der Waals surface area (Å²) in [6.07, 6.45) is 1.54. The molecule has 0 spiro atoms. The molecule has 1 aromatic carbocycles. The molecule has 126 valence electrons. The Hall–Kier alpha value is -3.60. The fourth-order valence-electron chi connectivity index (χ4n) is 2.59. The predicted molar refractivity (Wildman–Crippen MR) is 90.4 cm³/mol. The highest BCUT2D eigenvalue weighted by Crippen LogP contribution is 2.37. The Morgan fingerprint density at radius 2 is 2.28 bits per heavy atom. The van der Waals surface area contributed by atoms with Crippen LogP contribution < -0.4 is 15.4 Å². The number of aliphatic imine (C=N–C) groups is 1. The third-order valence-electron chi connectivity index (χ3n) is 3.67.